The van der Waals surface area contributed by atoms with Gasteiger partial charge in [0, 0.05) is 25.8 Å². The average molecular weight is 243 g/mol. The van der Waals surface area contributed by atoms with Crippen LogP contribution in [0, 0.1) is 5.41 Å². The molecule has 1 saturated heterocycles. The summed E-state index contributed by atoms with van der Waals surface area (Å²) in [4.78, 5) is 2.71. The molecular formula is C13H25NOS. The number of hydrogen-bond acceptors (Lipinski definition) is 3. The molecule has 1 heterocycles. The van der Waals surface area contributed by atoms with E-state index in [9.17, 15) is 0 Å². The molecule has 0 aromatic heterocycles. The van der Waals surface area contributed by atoms with Gasteiger partial charge in [0.1, 0.15) is 0 Å². The zero-order chi connectivity index (χ0) is 11.4. The van der Waals surface area contributed by atoms with Gasteiger partial charge in [-0.2, -0.15) is 12.6 Å². The van der Waals surface area contributed by atoms with E-state index in [0.717, 1.165) is 25.0 Å². The Labute approximate surface area is 105 Å². The third kappa shape index (κ3) is 3.14. The van der Waals surface area contributed by atoms with Gasteiger partial charge in [-0.25, -0.2) is 0 Å². The Bertz CT molecular complexity index is 212. The average Bonchev–Trinajstić information content (AvgIpc) is 3.14. The standard InChI is InChI=1S/C13H25NOS/c1-2-7-14(12-3-4-12)10-13(11-16)5-8-15-9-6-13/h12,16H,2-11H2,1H3. The van der Waals surface area contributed by atoms with Gasteiger partial charge in [-0.15, -0.1) is 0 Å². The first kappa shape index (κ1) is 12.7. The maximum Gasteiger partial charge on any atom is 0.0472 e. The molecule has 0 atom stereocenters. The van der Waals surface area contributed by atoms with Crippen LogP contribution in [0.2, 0.25) is 0 Å². The predicted octanol–water partition coefficient (Wildman–Crippen LogP) is 2.59. The molecule has 1 aliphatic heterocycles. The lowest BCUT2D eigenvalue weighted by Crippen LogP contribution is -2.44. The third-order valence-electron chi connectivity index (χ3n) is 4.00. The minimum atomic E-state index is 0.430. The molecule has 3 heteroatoms. The van der Waals surface area contributed by atoms with Crippen molar-refractivity contribution >= 4 is 12.6 Å². The maximum absolute atomic E-state index is 5.49. The van der Waals surface area contributed by atoms with Gasteiger partial charge in [-0.05, 0) is 49.8 Å². The summed E-state index contributed by atoms with van der Waals surface area (Å²) in [5.41, 5.74) is 0.430. The molecule has 0 amide bonds. The largest absolute Gasteiger partial charge is 0.381 e. The van der Waals surface area contributed by atoms with Gasteiger partial charge in [0.2, 0.25) is 0 Å². The second kappa shape index (κ2) is 5.74. The van der Waals surface area contributed by atoms with E-state index in [1.165, 1.54) is 45.2 Å². The van der Waals surface area contributed by atoms with Gasteiger partial charge in [0.15, 0.2) is 0 Å². The zero-order valence-corrected chi connectivity index (χ0v) is 11.3. The fourth-order valence-corrected chi connectivity index (χ4v) is 3.14. The van der Waals surface area contributed by atoms with Crippen molar-refractivity contribution in [2.24, 2.45) is 5.41 Å². The molecule has 1 saturated carbocycles. The fourth-order valence-electron chi connectivity index (χ4n) is 2.72. The van der Waals surface area contributed by atoms with E-state index in [1.807, 2.05) is 0 Å². The van der Waals surface area contributed by atoms with E-state index < -0.39 is 0 Å². The van der Waals surface area contributed by atoms with Crippen LogP contribution in [-0.4, -0.2) is 43.0 Å². The normalized spacial score (nSPS) is 24.9. The van der Waals surface area contributed by atoms with E-state index in [0.29, 0.717) is 5.41 Å². The van der Waals surface area contributed by atoms with Crippen LogP contribution < -0.4 is 0 Å². The quantitative estimate of drug-likeness (QED) is 0.720. The Morgan fingerprint density at radius 1 is 1.31 bits per heavy atom. The lowest BCUT2D eigenvalue weighted by atomic mass is 9.81. The van der Waals surface area contributed by atoms with E-state index in [-0.39, 0.29) is 0 Å². The molecule has 0 bridgehead atoms. The first-order valence-corrected chi connectivity index (χ1v) is 7.35. The molecule has 2 fully saturated rings. The van der Waals surface area contributed by atoms with Crippen molar-refractivity contribution in [3.05, 3.63) is 0 Å². The summed E-state index contributed by atoms with van der Waals surface area (Å²) in [5.74, 6) is 1.02. The van der Waals surface area contributed by atoms with Crippen molar-refractivity contribution in [1.82, 2.24) is 4.90 Å². The van der Waals surface area contributed by atoms with E-state index >= 15 is 0 Å². The summed E-state index contributed by atoms with van der Waals surface area (Å²) in [5, 5.41) is 0. The van der Waals surface area contributed by atoms with Gasteiger partial charge in [-0.1, -0.05) is 6.92 Å². The Morgan fingerprint density at radius 3 is 2.50 bits per heavy atom. The predicted molar refractivity (Wildman–Crippen MR) is 71.2 cm³/mol. The molecule has 94 valence electrons. The van der Waals surface area contributed by atoms with E-state index in [1.54, 1.807) is 0 Å². The van der Waals surface area contributed by atoms with Gasteiger partial charge in [0.05, 0.1) is 0 Å². The molecule has 1 aliphatic carbocycles. The molecule has 0 unspecified atom stereocenters. The fraction of sp³-hybridized carbons (Fsp3) is 1.00. The third-order valence-corrected chi connectivity index (χ3v) is 4.67. The smallest absolute Gasteiger partial charge is 0.0472 e. The minimum absolute atomic E-state index is 0.430. The summed E-state index contributed by atoms with van der Waals surface area (Å²) in [7, 11) is 0. The first-order chi connectivity index (χ1) is 7.79. The van der Waals surface area contributed by atoms with E-state index in [4.69, 9.17) is 4.74 Å². The van der Waals surface area contributed by atoms with Crippen LogP contribution in [-0.2, 0) is 4.74 Å². The Balaban J connectivity index is 1.91. The molecule has 2 aliphatic rings. The minimum Gasteiger partial charge on any atom is -0.381 e. The monoisotopic (exact) mass is 243 g/mol. The van der Waals surface area contributed by atoms with Crippen molar-refractivity contribution in [2.45, 2.75) is 45.1 Å². The number of thiol groups is 1. The van der Waals surface area contributed by atoms with E-state index in [2.05, 4.69) is 24.5 Å². The maximum atomic E-state index is 5.49. The number of nitrogens with zero attached hydrogens (tertiary/aromatic N) is 1. The molecule has 0 spiro atoms. The number of hydrogen-bond donors (Lipinski definition) is 1. The van der Waals surface area contributed by atoms with Crippen molar-refractivity contribution in [3.8, 4) is 0 Å². The van der Waals surface area contributed by atoms with Crippen LogP contribution in [0.4, 0.5) is 0 Å². The summed E-state index contributed by atoms with van der Waals surface area (Å²) in [6.07, 6.45) is 6.50. The highest BCUT2D eigenvalue weighted by Crippen LogP contribution is 2.36. The Hall–Kier alpha value is 0.270. The topological polar surface area (TPSA) is 12.5 Å². The lowest BCUT2D eigenvalue weighted by molar-refractivity contribution is 0.00628. The van der Waals surface area contributed by atoms with Crippen molar-refractivity contribution in [1.29, 1.82) is 0 Å². The van der Waals surface area contributed by atoms with Crippen molar-refractivity contribution < 1.29 is 4.74 Å². The molecule has 2 rings (SSSR count). The van der Waals surface area contributed by atoms with Crippen LogP contribution >= 0.6 is 12.6 Å². The van der Waals surface area contributed by atoms with Gasteiger partial charge >= 0.3 is 0 Å². The van der Waals surface area contributed by atoms with Gasteiger partial charge in [-0.3, -0.25) is 4.90 Å². The van der Waals surface area contributed by atoms with Crippen molar-refractivity contribution in [3.63, 3.8) is 0 Å². The van der Waals surface area contributed by atoms with Crippen LogP contribution in [0.1, 0.15) is 39.0 Å². The molecule has 0 aromatic carbocycles. The second-order valence-corrected chi connectivity index (χ2v) is 5.79. The van der Waals surface area contributed by atoms with Crippen molar-refractivity contribution in [2.75, 3.05) is 32.1 Å². The Kier molecular flexibility index (Phi) is 4.57. The van der Waals surface area contributed by atoms with Crippen LogP contribution in [0.5, 0.6) is 0 Å². The lowest BCUT2D eigenvalue weighted by Gasteiger charge is -2.40. The molecule has 0 aromatic rings. The number of ether oxygens (including phenoxy) is 1. The van der Waals surface area contributed by atoms with Gasteiger partial charge < -0.3 is 4.74 Å². The molecular weight excluding hydrogens is 218 g/mol. The molecule has 16 heavy (non-hydrogen) atoms. The highest BCUT2D eigenvalue weighted by molar-refractivity contribution is 7.80. The van der Waals surface area contributed by atoms with Crippen LogP contribution in [0.25, 0.3) is 0 Å². The van der Waals surface area contributed by atoms with Gasteiger partial charge in [0.25, 0.3) is 0 Å². The second-order valence-electron chi connectivity index (χ2n) is 5.47. The summed E-state index contributed by atoms with van der Waals surface area (Å²) < 4.78 is 5.49. The molecule has 0 N–H and O–H groups in total. The molecule has 0 radical (unpaired) electrons. The Morgan fingerprint density at radius 2 is 2.00 bits per heavy atom. The summed E-state index contributed by atoms with van der Waals surface area (Å²) in [6, 6.07) is 0.888. The SMILES string of the molecule is CCCN(CC1(CS)CCOCC1)C1CC1. The zero-order valence-electron chi connectivity index (χ0n) is 10.5. The molecule has 2 nitrogen and oxygen atoms in total. The highest BCUT2D eigenvalue weighted by Gasteiger charge is 2.37. The number of rotatable bonds is 6. The van der Waals surface area contributed by atoms with Crippen LogP contribution in [0.3, 0.4) is 0 Å². The first-order valence-electron chi connectivity index (χ1n) is 6.72. The summed E-state index contributed by atoms with van der Waals surface area (Å²) >= 11 is 4.60. The highest BCUT2D eigenvalue weighted by atomic mass is 32.1. The summed E-state index contributed by atoms with van der Waals surface area (Å²) in [6.45, 7) is 6.67. The van der Waals surface area contributed by atoms with Crippen LogP contribution in [0.15, 0.2) is 0 Å².